The zero-order chi connectivity index (χ0) is 19.1. The zero-order valence-electron chi connectivity index (χ0n) is 14.7. The number of benzene rings is 1. The number of halogens is 3. The van der Waals surface area contributed by atoms with Crippen molar-refractivity contribution in [3.05, 3.63) is 29.8 Å². The number of alkyl halides is 3. The predicted octanol–water partition coefficient (Wildman–Crippen LogP) is 3.65. The van der Waals surface area contributed by atoms with Gasteiger partial charge < -0.3 is 5.73 Å². The summed E-state index contributed by atoms with van der Waals surface area (Å²) in [6, 6.07) is 6.13. The number of amides is 2. The van der Waals surface area contributed by atoms with Crippen LogP contribution in [0, 0.1) is 11.8 Å². The molecule has 2 fully saturated rings. The minimum Gasteiger partial charge on any atom is -0.399 e. The van der Waals surface area contributed by atoms with Crippen LogP contribution in [0.4, 0.5) is 18.9 Å². The Kier molecular flexibility index (Phi) is 4.75. The Labute approximate surface area is 150 Å². The van der Waals surface area contributed by atoms with Crippen LogP contribution in [0.25, 0.3) is 0 Å². The molecule has 0 bridgehead atoms. The van der Waals surface area contributed by atoms with E-state index in [4.69, 9.17) is 5.73 Å². The highest BCUT2D eigenvalue weighted by Crippen LogP contribution is 2.68. The minimum absolute atomic E-state index is 0.295. The largest absolute Gasteiger partial charge is 0.399 e. The molecule has 1 aliphatic heterocycles. The molecule has 2 unspecified atom stereocenters. The van der Waals surface area contributed by atoms with Crippen LogP contribution in [-0.4, -0.2) is 29.4 Å². The van der Waals surface area contributed by atoms with Crippen molar-refractivity contribution in [2.75, 3.05) is 12.3 Å². The molecule has 1 aromatic carbocycles. The van der Waals surface area contributed by atoms with Crippen LogP contribution >= 0.6 is 0 Å². The molecule has 7 heteroatoms. The number of unbranched alkanes of at least 4 members (excludes halogenated alkanes) is 3. The first-order chi connectivity index (χ1) is 12.2. The van der Waals surface area contributed by atoms with Crippen molar-refractivity contribution in [2.24, 2.45) is 11.8 Å². The summed E-state index contributed by atoms with van der Waals surface area (Å²) in [7, 11) is 0. The summed E-state index contributed by atoms with van der Waals surface area (Å²) in [5.74, 6) is -2.79. The molecule has 2 N–H and O–H groups in total. The van der Waals surface area contributed by atoms with E-state index in [2.05, 4.69) is 6.92 Å². The number of carbonyl (C=O) groups excluding carboxylic acids is 2. The number of imide groups is 1. The number of anilines is 1. The number of nitrogens with two attached hydrogens (primary N) is 1. The van der Waals surface area contributed by atoms with Crippen LogP contribution in [0.3, 0.4) is 0 Å². The van der Waals surface area contributed by atoms with E-state index in [9.17, 15) is 22.8 Å². The van der Waals surface area contributed by atoms with Crippen molar-refractivity contribution in [1.82, 2.24) is 4.90 Å². The Balaban J connectivity index is 1.85. The van der Waals surface area contributed by atoms with Crippen molar-refractivity contribution in [3.8, 4) is 0 Å². The lowest BCUT2D eigenvalue weighted by Gasteiger charge is -2.27. The molecule has 142 valence electrons. The molecule has 0 radical (unpaired) electrons. The fourth-order valence-electron chi connectivity index (χ4n) is 4.37. The van der Waals surface area contributed by atoms with E-state index in [0.717, 1.165) is 24.2 Å². The van der Waals surface area contributed by atoms with Crippen molar-refractivity contribution in [2.45, 2.75) is 50.6 Å². The van der Waals surface area contributed by atoms with Gasteiger partial charge in [-0.3, -0.25) is 14.5 Å². The van der Waals surface area contributed by atoms with Crippen molar-refractivity contribution < 1.29 is 22.8 Å². The standard InChI is InChI=1S/C19H23F3N2O2/c1-2-3-4-5-9-24-16(25)14-15(17(24)26)18(14,11-19(20,21)22)12-7-6-8-13(23)10-12/h6-8,10,14-15H,2-5,9,11,23H2,1H3. The van der Waals surface area contributed by atoms with Crippen LogP contribution in [0.2, 0.25) is 0 Å². The van der Waals surface area contributed by atoms with E-state index in [1.165, 1.54) is 12.1 Å². The van der Waals surface area contributed by atoms with Gasteiger partial charge >= 0.3 is 6.18 Å². The third kappa shape index (κ3) is 3.08. The predicted molar refractivity (Wildman–Crippen MR) is 91.0 cm³/mol. The number of hydrogen-bond donors (Lipinski definition) is 1. The SMILES string of the molecule is CCCCCCN1C(=O)C2C(C1=O)C2(CC(F)(F)F)c1cccc(N)c1. The van der Waals surface area contributed by atoms with Crippen LogP contribution in [0.5, 0.6) is 0 Å². The molecule has 4 nitrogen and oxygen atoms in total. The summed E-state index contributed by atoms with van der Waals surface area (Å²) in [6.07, 6.45) is -2.04. The quantitative estimate of drug-likeness (QED) is 0.454. The average molecular weight is 368 g/mol. The molecule has 0 spiro atoms. The Bertz CT molecular complexity index is 695. The van der Waals surface area contributed by atoms with Gasteiger partial charge in [-0.1, -0.05) is 38.3 Å². The third-order valence-corrected chi connectivity index (χ3v) is 5.55. The van der Waals surface area contributed by atoms with E-state index in [-0.39, 0.29) is 0 Å². The molecule has 3 rings (SSSR count). The highest BCUT2D eigenvalue weighted by molar-refractivity contribution is 6.12. The van der Waals surface area contributed by atoms with Crippen LogP contribution in [0.1, 0.15) is 44.6 Å². The number of rotatable bonds is 7. The summed E-state index contributed by atoms with van der Waals surface area (Å²) in [5.41, 5.74) is 4.88. The summed E-state index contributed by atoms with van der Waals surface area (Å²) in [6.45, 7) is 2.35. The summed E-state index contributed by atoms with van der Waals surface area (Å²) >= 11 is 0. The maximum Gasteiger partial charge on any atom is 0.390 e. The first-order valence-corrected chi connectivity index (χ1v) is 9.00. The monoisotopic (exact) mass is 368 g/mol. The molecular weight excluding hydrogens is 345 g/mol. The van der Waals surface area contributed by atoms with E-state index >= 15 is 0 Å². The minimum atomic E-state index is -4.47. The maximum absolute atomic E-state index is 13.3. The van der Waals surface area contributed by atoms with Gasteiger partial charge in [0.15, 0.2) is 0 Å². The second-order valence-electron chi connectivity index (χ2n) is 7.30. The van der Waals surface area contributed by atoms with E-state index in [1.54, 1.807) is 12.1 Å². The number of nitrogen functional groups attached to an aromatic ring is 1. The Morgan fingerprint density at radius 1 is 1.12 bits per heavy atom. The first kappa shape index (κ1) is 18.7. The molecule has 2 atom stereocenters. The third-order valence-electron chi connectivity index (χ3n) is 5.55. The molecule has 2 aliphatic rings. The van der Waals surface area contributed by atoms with Crippen molar-refractivity contribution >= 4 is 17.5 Å². The highest BCUT2D eigenvalue weighted by Gasteiger charge is 2.79. The highest BCUT2D eigenvalue weighted by atomic mass is 19.4. The van der Waals surface area contributed by atoms with Gasteiger partial charge in [0.2, 0.25) is 11.8 Å². The van der Waals surface area contributed by atoms with Crippen LogP contribution in [-0.2, 0) is 15.0 Å². The smallest absolute Gasteiger partial charge is 0.390 e. The normalized spacial score (nSPS) is 27.8. The van der Waals surface area contributed by atoms with E-state index in [0.29, 0.717) is 24.2 Å². The topological polar surface area (TPSA) is 63.4 Å². The van der Waals surface area contributed by atoms with Gasteiger partial charge in [0.25, 0.3) is 0 Å². The van der Waals surface area contributed by atoms with E-state index in [1.807, 2.05) is 0 Å². The number of carbonyl (C=O) groups is 2. The molecule has 1 saturated heterocycles. The fourth-order valence-corrected chi connectivity index (χ4v) is 4.37. The van der Waals surface area contributed by atoms with Gasteiger partial charge in [0, 0.05) is 17.6 Å². The summed E-state index contributed by atoms with van der Waals surface area (Å²) < 4.78 is 39.8. The van der Waals surface area contributed by atoms with Crippen molar-refractivity contribution in [1.29, 1.82) is 0 Å². The Morgan fingerprint density at radius 3 is 2.31 bits per heavy atom. The van der Waals surface area contributed by atoms with Gasteiger partial charge in [-0.05, 0) is 24.1 Å². The van der Waals surface area contributed by atoms with Gasteiger partial charge in [0.1, 0.15) is 0 Å². The van der Waals surface area contributed by atoms with Gasteiger partial charge in [-0.2, -0.15) is 13.2 Å². The van der Waals surface area contributed by atoms with Gasteiger partial charge in [0.05, 0.1) is 18.3 Å². The number of nitrogens with zero attached hydrogens (tertiary/aromatic N) is 1. The molecule has 1 aromatic rings. The first-order valence-electron chi connectivity index (χ1n) is 9.00. The van der Waals surface area contributed by atoms with Gasteiger partial charge in [-0.15, -0.1) is 0 Å². The van der Waals surface area contributed by atoms with Crippen LogP contribution < -0.4 is 5.73 Å². The van der Waals surface area contributed by atoms with Crippen molar-refractivity contribution in [3.63, 3.8) is 0 Å². The molecule has 1 aliphatic carbocycles. The summed E-state index contributed by atoms with van der Waals surface area (Å²) in [4.78, 5) is 26.5. The lowest BCUT2D eigenvalue weighted by molar-refractivity contribution is -0.151. The average Bonchev–Trinajstić information content (AvgIpc) is 3.13. The lowest BCUT2D eigenvalue weighted by Crippen LogP contribution is -2.40. The summed E-state index contributed by atoms with van der Waals surface area (Å²) in [5, 5.41) is 0. The second kappa shape index (κ2) is 6.59. The molecule has 2 amide bonds. The number of hydrogen-bond acceptors (Lipinski definition) is 3. The Morgan fingerprint density at radius 2 is 1.77 bits per heavy atom. The second-order valence-corrected chi connectivity index (χ2v) is 7.30. The van der Waals surface area contributed by atoms with Crippen LogP contribution in [0.15, 0.2) is 24.3 Å². The zero-order valence-corrected chi connectivity index (χ0v) is 14.7. The Hall–Kier alpha value is -2.05. The number of fused-ring (bicyclic) bond motifs is 1. The molecular formula is C19H23F3N2O2. The van der Waals surface area contributed by atoms with Gasteiger partial charge in [-0.25, -0.2) is 0 Å². The number of likely N-dealkylation sites (tertiary alicyclic amines) is 1. The lowest BCUT2D eigenvalue weighted by atomic mass is 9.86. The molecule has 26 heavy (non-hydrogen) atoms. The fraction of sp³-hybridized carbons (Fsp3) is 0.579. The van der Waals surface area contributed by atoms with E-state index < -0.39 is 41.7 Å². The molecule has 1 heterocycles. The molecule has 0 aromatic heterocycles. The molecule has 1 saturated carbocycles. The number of piperidine rings is 1. The maximum atomic E-state index is 13.3.